The van der Waals surface area contributed by atoms with Crippen LogP contribution in [0.15, 0.2) is 36.7 Å². The largest absolute Gasteiger partial charge is 0.383 e. The first-order valence-electron chi connectivity index (χ1n) is 4.00. The smallest absolute Gasteiger partial charge is 0.205 e. The van der Waals surface area contributed by atoms with E-state index in [-0.39, 0.29) is 5.78 Å². The molecule has 0 atom stereocenters. The fourth-order valence-corrected chi connectivity index (χ4v) is 0.811. The van der Waals surface area contributed by atoms with Gasteiger partial charge in [-0.3, -0.25) is 9.78 Å². The van der Waals surface area contributed by atoms with Crippen LogP contribution in [0, 0.1) is 0 Å². The summed E-state index contributed by atoms with van der Waals surface area (Å²) >= 11 is 0. The van der Waals surface area contributed by atoms with Crippen LogP contribution in [-0.4, -0.2) is 29.8 Å². The third kappa shape index (κ3) is 3.07. The predicted octanol–water partition coefficient (Wildman–Crippen LogP) is 1.34. The molecule has 0 saturated carbocycles. The molecule has 0 saturated heterocycles. The third-order valence-corrected chi connectivity index (χ3v) is 1.44. The van der Waals surface area contributed by atoms with Gasteiger partial charge in [0, 0.05) is 32.6 Å². The minimum Gasteiger partial charge on any atom is -0.383 e. The van der Waals surface area contributed by atoms with Crippen molar-refractivity contribution >= 4 is 5.78 Å². The van der Waals surface area contributed by atoms with Crippen molar-refractivity contribution in [2.45, 2.75) is 0 Å². The van der Waals surface area contributed by atoms with E-state index in [2.05, 4.69) is 4.98 Å². The number of hydrogen-bond acceptors (Lipinski definition) is 3. The first-order valence-corrected chi connectivity index (χ1v) is 4.00. The summed E-state index contributed by atoms with van der Waals surface area (Å²) in [6.07, 6.45) is 4.82. The van der Waals surface area contributed by atoms with Crippen LogP contribution in [0.3, 0.4) is 0 Å². The fraction of sp³-hybridized carbons (Fsp3) is 0.200. The minimum absolute atomic E-state index is 0.0747. The number of aromatic nitrogens is 1. The number of carbonyl (C=O) groups excluding carboxylic acids is 1. The van der Waals surface area contributed by atoms with Gasteiger partial charge >= 0.3 is 0 Å². The summed E-state index contributed by atoms with van der Waals surface area (Å²) in [6, 6.07) is 5.28. The molecule has 68 valence electrons. The van der Waals surface area contributed by atoms with Gasteiger partial charge in [0.25, 0.3) is 0 Å². The second-order valence-electron chi connectivity index (χ2n) is 2.86. The Hall–Kier alpha value is -1.64. The van der Waals surface area contributed by atoms with Gasteiger partial charge in [-0.15, -0.1) is 0 Å². The molecule has 1 aromatic rings. The Labute approximate surface area is 77.7 Å². The predicted molar refractivity (Wildman–Crippen MR) is 51.4 cm³/mol. The highest BCUT2D eigenvalue weighted by Crippen LogP contribution is 1.96. The average molecular weight is 176 g/mol. The lowest BCUT2D eigenvalue weighted by Gasteiger charge is -2.02. The molecule has 3 nitrogen and oxygen atoms in total. The Morgan fingerprint density at radius 1 is 1.46 bits per heavy atom. The number of allylic oxidation sites excluding steroid dienone is 1. The molecule has 13 heavy (non-hydrogen) atoms. The number of pyridine rings is 1. The zero-order chi connectivity index (χ0) is 9.68. The van der Waals surface area contributed by atoms with E-state index in [1.54, 1.807) is 35.5 Å². The molecule has 0 aliphatic carbocycles. The molecule has 0 N–H and O–H groups in total. The first-order chi connectivity index (χ1) is 6.20. The topological polar surface area (TPSA) is 33.2 Å². The van der Waals surface area contributed by atoms with Gasteiger partial charge in [-0.1, -0.05) is 6.07 Å². The van der Waals surface area contributed by atoms with Gasteiger partial charge in [0.15, 0.2) is 0 Å². The quantitative estimate of drug-likeness (QED) is 0.514. The maximum Gasteiger partial charge on any atom is 0.205 e. The molecule has 3 heteroatoms. The molecule has 1 heterocycles. The van der Waals surface area contributed by atoms with Gasteiger partial charge in [-0.05, 0) is 12.1 Å². The number of carbonyl (C=O) groups is 1. The van der Waals surface area contributed by atoms with E-state index >= 15 is 0 Å². The highest BCUT2D eigenvalue weighted by molar-refractivity contribution is 6.02. The van der Waals surface area contributed by atoms with Crippen molar-refractivity contribution in [3.8, 4) is 0 Å². The summed E-state index contributed by atoms with van der Waals surface area (Å²) in [7, 11) is 3.73. The van der Waals surface area contributed by atoms with Gasteiger partial charge in [-0.25, -0.2) is 0 Å². The summed E-state index contributed by atoms with van der Waals surface area (Å²) in [5, 5.41) is 0. The summed E-state index contributed by atoms with van der Waals surface area (Å²) in [6.45, 7) is 0. The van der Waals surface area contributed by atoms with Crippen LogP contribution in [0.25, 0.3) is 0 Å². The summed E-state index contributed by atoms with van der Waals surface area (Å²) in [5.74, 6) is -0.0747. The Balaban J connectivity index is 2.70. The highest BCUT2D eigenvalue weighted by Gasteiger charge is 2.00. The Kier molecular flexibility index (Phi) is 3.20. The van der Waals surface area contributed by atoms with E-state index in [4.69, 9.17) is 0 Å². The van der Waals surface area contributed by atoms with Crippen molar-refractivity contribution in [3.05, 3.63) is 42.4 Å². The molecule has 0 spiro atoms. The molecule has 0 unspecified atom stereocenters. The SMILES string of the molecule is CN(C)/C=C\C(=O)c1ccccn1. The summed E-state index contributed by atoms with van der Waals surface area (Å²) in [4.78, 5) is 17.1. The van der Waals surface area contributed by atoms with Gasteiger partial charge in [0.05, 0.1) is 0 Å². The molecule has 0 radical (unpaired) electrons. The number of hydrogen-bond donors (Lipinski definition) is 0. The number of nitrogens with zero attached hydrogens (tertiary/aromatic N) is 2. The van der Waals surface area contributed by atoms with E-state index in [1.807, 2.05) is 14.1 Å². The lowest BCUT2D eigenvalue weighted by molar-refractivity contribution is 0.104. The summed E-state index contributed by atoms with van der Waals surface area (Å²) < 4.78 is 0. The maximum atomic E-state index is 11.4. The van der Waals surface area contributed by atoms with Crippen LogP contribution in [-0.2, 0) is 0 Å². The van der Waals surface area contributed by atoms with Gasteiger partial charge in [0.2, 0.25) is 5.78 Å². The molecule has 0 aliphatic rings. The monoisotopic (exact) mass is 176 g/mol. The fourth-order valence-electron chi connectivity index (χ4n) is 0.811. The van der Waals surface area contributed by atoms with E-state index in [0.717, 1.165) is 0 Å². The van der Waals surface area contributed by atoms with Crippen LogP contribution in [0.2, 0.25) is 0 Å². The van der Waals surface area contributed by atoms with Crippen LogP contribution in [0.4, 0.5) is 0 Å². The van der Waals surface area contributed by atoms with E-state index in [9.17, 15) is 4.79 Å². The molecule has 0 aromatic carbocycles. The Morgan fingerprint density at radius 3 is 2.77 bits per heavy atom. The standard InChI is InChI=1S/C10H12N2O/c1-12(2)8-6-10(13)9-5-3-4-7-11-9/h3-8H,1-2H3/b8-6-. The molecule has 1 rings (SSSR count). The van der Waals surface area contributed by atoms with Crippen LogP contribution in [0.1, 0.15) is 10.5 Å². The lowest BCUT2D eigenvalue weighted by Crippen LogP contribution is -2.03. The van der Waals surface area contributed by atoms with Crippen LogP contribution < -0.4 is 0 Å². The van der Waals surface area contributed by atoms with E-state index in [1.165, 1.54) is 6.08 Å². The van der Waals surface area contributed by atoms with Crippen molar-refractivity contribution in [1.29, 1.82) is 0 Å². The molecule has 0 aliphatic heterocycles. The number of ketones is 1. The normalized spacial score (nSPS) is 10.3. The molecular formula is C10H12N2O. The molecule has 0 fully saturated rings. The molecule has 1 aromatic heterocycles. The maximum absolute atomic E-state index is 11.4. The van der Waals surface area contributed by atoms with Crippen LogP contribution >= 0.6 is 0 Å². The highest BCUT2D eigenvalue weighted by atomic mass is 16.1. The molecule has 0 bridgehead atoms. The Morgan fingerprint density at radius 2 is 2.23 bits per heavy atom. The lowest BCUT2D eigenvalue weighted by atomic mass is 10.2. The zero-order valence-corrected chi connectivity index (χ0v) is 7.77. The second-order valence-corrected chi connectivity index (χ2v) is 2.86. The molecule has 0 amide bonds. The van der Waals surface area contributed by atoms with Crippen molar-refractivity contribution in [2.24, 2.45) is 0 Å². The second kappa shape index (κ2) is 4.40. The third-order valence-electron chi connectivity index (χ3n) is 1.44. The zero-order valence-electron chi connectivity index (χ0n) is 7.77. The first kappa shape index (κ1) is 9.45. The van der Waals surface area contributed by atoms with Crippen molar-refractivity contribution in [3.63, 3.8) is 0 Å². The number of rotatable bonds is 3. The van der Waals surface area contributed by atoms with Crippen molar-refractivity contribution in [2.75, 3.05) is 14.1 Å². The minimum atomic E-state index is -0.0747. The van der Waals surface area contributed by atoms with Crippen LogP contribution in [0.5, 0.6) is 0 Å². The average Bonchev–Trinajstić information content (AvgIpc) is 2.15. The van der Waals surface area contributed by atoms with Gasteiger partial charge in [-0.2, -0.15) is 0 Å². The van der Waals surface area contributed by atoms with Gasteiger partial charge in [0.1, 0.15) is 5.69 Å². The molecular weight excluding hydrogens is 164 g/mol. The van der Waals surface area contributed by atoms with Crippen molar-refractivity contribution < 1.29 is 4.79 Å². The van der Waals surface area contributed by atoms with E-state index < -0.39 is 0 Å². The van der Waals surface area contributed by atoms with Gasteiger partial charge < -0.3 is 4.90 Å². The summed E-state index contributed by atoms with van der Waals surface area (Å²) in [5.41, 5.74) is 0.473. The van der Waals surface area contributed by atoms with Crippen molar-refractivity contribution in [1.82, 2.24) is 9.88 Å². The Bertz CT molecular complexity index is 304. The van der Waals surface area contributed by atoms with E-state index in [0.29, 0.717) is 5.69 Å².